The van der Waals surface area contributed by atoms with Gasteiger partial charge in [-0.3, -0.25) is 9.88 Å². The highest BCUT2D eigenvalue weighted by molar-refractivity contribution is 5.33. The van der Waals surface area contributed by atoms with Crippen LogP contribution in [0.3, 0.4) is 0 Å². The smallest absolute Gasteiger partial charge is 0.141 e. The van der Waals surface area contributed by atoms with Gasteiger partial charge >= 0.3 is 0 Å². The summed E-state index contributed by atoms with van der Waals surface area (Å²) in [6.07, 6.45) is 3.99. The number of hydrogen-bond acceptors (Lipinski definition) is 3. The van der Waals surface area contributed by atoms with Gasteiger partial charge in [-0.2, -0.15) is 0 Å². The molecule has 16 heavy (non-hydrogen) atoms. The molecule has 1 aromatic rings. The average Bonchev–Trinajstić information content (AvgIpc) is 2.86. The molecule has 0 aliphatic carbocycles. The lowest BCUT2D eigenvalue weighted by Crippen LogP contribution is -2.32. The number of aromatic nitrogens is 1. The quantitative estimate of drug-likeness (QED) is 0.756. The van der Waals surface area contributed by atoms with Crippen molar-refractivity contribution in [3.05, 3.63) is 23.5 Å². The number of ether oxygens (including phenoxy) is 1. The van der Waals surface area contributed by atoms with Crippen molar-refractivity contribution in [1.82, 2.24) is 9.88 Å². The van der Waals surface area contributed by atoms with Crippen LogP contribution >= 0.6 is 0 Å². The fourth-order valence-electron chi connectivity index (χ4n) is 2.64. The Balaban J connectivity index is 1.65. The van der Waals surface area contributed by atoms with Crippen LogP contribution < -0.4 is 4.74 Å². The second kappa shape index (κ2) is 4.06. The Hall–Kier alpha value is -1.09. The fourth-order valence-corrected chi connectivity index (χ4v) is 2.64. The van der Waals surface area contributed by atoms with Gasteiger partial charge in [0, 0.05) is 18.7 Å². The molecule has 0 bridgehead atoms. The Morgan fingerprint density at radius 2 is 2.19 bits per heavy atom. The van der Waals surface area contributed by atoms with Crippen molar-refractivity contribution in [3.63, 3.8) is 0 Å². The number of aryl methyl sites for hydroxylation is 1. The summed E-state index contributed by atoms with van der Waals surface area (Å²) in [5, 5.41) is 0. The van der Waals surface area contributed by atoms with E-state index in [1.807, 2.05) is 13.0 Å². The third kappa shape index (κ3) is 1.92. The van der Waals surface area contributed by atoms with E-state index in [0.717, 1.165) is 30.1 Å². The van der Waals surface area contributed by atoms with Crippen molar-refractivity contribution in [1.29, 1.82) is 0 Å². The van der Waals surface area contributed by atoms with Crippen LogP contribution in [0.2, 0.25) is 0 Å². The number of fused-ring (bicyclic) bond motifs is 1. The zero-order valence-corrected chi connectivity index (χ0v) is 9.78. The number of pyridine rings is 1. The lowest BCUT2D eigenvalue weighted by molar-refractivity contribution is 0.168. The van der Waals surface area contributed by atoms with Crippen LogP contribution in [-0.2, 0) is 6.42 Å². The van der Waals surface area contributed by atoms with Crippen molar-refractivity contribution in [2.75, 3.05) is 19.6 Å². The lowest BCUT2D eigenvalue weighted by atomic mass is 10.2. The topological polar surface area (TPSA) is 25.4 Å². The van der Waals surface area contributed by atoms with E-state index in [1.54, 1.807) is 0 Å². The summed E-state index contributed by atoms with van der Waals surface area (Å²) in [5.41, 5.74) is 2.23. The molecule has 0 saturated carbocycles. The van der Waals surface area contributed by atoms with Gasteiger partial charge in [0.15, 0.2) is 0 Å². The second-order valence-electron chi connectivity index (χ2n) is 4.85. The molecular formula is C13H18N2O. The lowest BCUT2D eigenvalue weighted by Gasteiger charge is -2.19. The SMILES string of the molecule is Cc1ccc2c(n1)CC(CN1CCCC1)O2. The van der Waals surface area contributed by atoms with E-state index in [0.29, 0.717) is 6.10 Å². The molecule has 0 radical (unpaired) electrons. The first-order valence-electron chi connectivity index (χ1n) is 6.17. The second-order valence-corrected chi connectivity index (χ2v) is 4.85. The Labute approximate surface area is 96.4 Å². The minimum Gasteiger partial charge on any atom is -0.487 e. The zero-order chi connectivity index (χ0) is 11.0. The van der Waals surface area contributed by atoms with E-state index < -0.39 is 0 Å². The van der Waals surface area contributed by atoms with E-state index in [9.17, 15) is 0 Å². The maximum Gasteiger partial charge on any atom is 0.141 e. The van der Waals surface area contributed by atoms with Crippen LogP contribution in [0.25, 0.3) is 0 Å². The van der Waals surface area contributed by atoms with Gasteiger partial charge in [-0.25, -0.2) is 0 Å². The monoisotopic (exact) mass is 218 g/mol. The van der Waals surface area contributed by atoms with Gasteiger partial charge in [-0.1, -0.05) is 0 Å². The molecule has 2 aliphatic rings. The minimum atomic E-state index is 0.322. The summed E-state index contributed by atoms with van der Waals surface area (Å²) < 4.78 is 5.92. The summed E-state index contributed by atoms with van der Waals surface area (Å²) >= 11 is 0. The first-order chi connectivity index (χ1) is 7.81. The first kappa shape index (κ1) is 10.1. The molecule has 3 heterocycles. The molecule has 1 fully saturated rings. The van der Waals surface area contributed by atoms with Crippen molar-refractivity contribution in [2.45, 2.75) is 32.3 Å². The molecule has 3 rings (SSSR count). The van der Waals surface area contributed by atoms with Gasteiger partial charge in [0.05, 0.1) is 5.69 Å². The van der Waals surface area contributed by atoms with Crippen LogP contribution in [0.15, 0.2) is 12.1 Å². The van der Waals surface area contributed by atoms with E-state index in [2.05, 4.69) is 16.0 Å². The largest absolute Gasteiger partial charge is 0.487 e. The molecular weight excluding hydrogens is 200 g/mol. The molecule has 0 amide bonds. The van der Waals surface area contributed by atoms with E-state index in [4.69, 9.17) is 4.74 Å². The summed E-state index contributed by atoms with van der Waals surface area (Å²) in [7, 11) is 0. The zero-order valence-electron chi connectivity index (χ0n) is 9.78. The highest BCUT2D eigenvalue weighted by Crippen LogP contribution is 2.27. The Morgan fingerprint density at radius 1 is 1.38 bits per heavy atom. The normalized spacial score (nSPS) is 24.4. The molecule has 3 heteroatoms. The van der Waals surface area contributed by atoms with Crippen LogP contribution in [0.4, 0.5) is 0 Å². The first-order valence-corrected chi connectivity index (χ1v) is 6.17. The average molecular weight is 218 g/mol. The third-order valence-electron chi connectivity index (χ3n) is 3.45. The molecule has 1 aromatic heterocycles. The Bertz CT molecular complexity index is 386. The molecule has 86 valence electrons. The molecule has 1 saturated heterocycles. The maximum absolute atomic E-state index is 5.92. The van der Waals surface area contributed by atoms with Crippen LogP contribution in [0.5, 0.6) is 5.75 Å². The van der Waals surface area contributed by atoms with E-state index in [1.165, 1.54) is 25.9 Å². The van der Waals surface area contributed by atoms with E-state index >= 15 is 0 Å². The van der Waals surface area contributed by atoms with Crippen molar-refractivity contribution in [2.24, 2.45) is 0 Å². The summed E-state index contributed by atoms with van der Waals surface area (Å²) in [5.74, 6) is 0.995. The number of hydrogen-bond donors (Lipinski definition) is 0. The predicted molar refractivity (Wildman–Crippen MR) is 62.8 cm³/mol. The number of likely N-dealkylation sites (tertiary alicyclic amines) is 1. The summed E-state index contributed by atoms with van der Waals surface area (Å²) in [6, 6.07) is 4.08. The summed E-state index contributed by atoms with van der Waals surface area (Å²) in [6.45, 7) is 5.58. The molecule has 3 nitrogen and oxygen atoms in total. The Morgan fingerprint density at radius 3 is 3.00 bits per heavy atom. The van der Waals surface area contributed by atoms with E-state index in [-0.39, 0.29) is 0 Å². The van der Waals surface area contributed by atoms with Crippen molar-refractivity contribution in [3.8, 4) is 5.75 Å². The molecule has 2 aliphatic heterocycles. The van der Waals surface area contributed by atoms with Gasteiger partial charge in [-0.05, 0) is 45.0 Å². The molecule has 1 atom stereocenters. The molecule has 1 unspecified atom stereocenters. The van der Waals surface area contributed by atoms with Crippen LogP contribution in [-0.4, -0.2) is 35.6 Å². The van der Waals surface area contributed by atoms with Gasteiger partial charge in [0.25, 0.3) is 0 Å². The standard InChI is InChI=1S/C13H18N2O/c1-10-4-5-13-12(14-10)8-11(16-13)9-15-6-2-3-7-15/h4-5,11H,2-3,6-9H2,1H3. The number of rotatable bonds is 2. The summed E-state index contributed by atoms with van der Waals surface area (Å²) in [4.78, 5) is 7.04. The highest BCUT2D eigenvalue weighted by atomic mass is 16.5. The number of nitrogens with zero attached hydrogens (tertiary/aromatic N) is 2. The molecule has 0 aromatic carbocycles. The van der Waals surface area contributed by atoms with Gasteiger partial charge in [0.1, 0.15) is 11.9 Å². The van der Waals surface area contributed by atoms with Crippen LogP contribution in [0, 0.1) is 6.92 Å². The van der Waals surface area contributed by atoms with Gasteiger partial charge < -0.3 is 4.74 Å². The highest BCUT2D eigenvalue weighted by Gasteiger charge is 2.26. The maximum atomic E-state index is 5.92. The fraction of sp³-hybridized carbons (Fsp3) is 0.615. The molecule has 0 spiro atoms. The van der Waals surface area contributed by atoms with Crippen LogP contribution in [0.1, 0.15) is 24.2 Å². The minimum absolute atomic E-state index is 0.322. The Kier molecular flexibility index (Phi) is 2.56. The van der Waals surface area contributed by atoms with Gasteiger partial charge in [-0.15, -0.1) is 0 Å². The van der Waals surface area contributed by atoms with Gasteiger partial charge in [0.2, 0.25) is 0 Å². The van der Waals surface area contributed by atoms with Crippen molar-refractivity contribution >= 4 is 0 Å². The predicted octanol–water partition coefficient (Wildman–Crippen LogP) is 1.79. The molecule has 0 N–H and O–H groups in total. The third-order valence-corrected chi connectivity index (χ3v) is 3.45. The van der Waals surface area contributed by atoms with Crippen molar-refractivity contribution < 1.29 is 4.74 Å².